The third kappa shape index (κ3) is 0.714. The molecule has 0 aromatic carbocycles. The highest BCUT2D eigenvalue weighted by molar-refractivity contribution is 4.77. The maximum Gasteiger partial charge on any atom is 0.196 e. The number of hydrogen-bond donors (Lipinski definition) is 2. The Labute approximate surface area is 47.8 Å². The van der Waals surface area contributed by atoms with Crippen LogP contribution in [0.2, 0.25) is 0 Å². The van der Waals surface area contributed by atoms with Crippen molar-refractivity contribution in [2.24, 2.45) is 5.73 Å². The lowest BCUT2D eigenvalue weighted by molar-refractivity contribution is -0.898. The number of hydroxylamine groups is 2. The molecule has 48 valence electrons. The monoisotopic (exact) mass is 118 g/mol. The van der Waals surface area contributed by atoms with Gasteiger partial charge in [-0.15, -0.1) is 0 Å². The smallest absolute Gasteiger partial charge is 0.196 e. The fourth-order valence-corrected chi connectivity index (χ4v) is 0.525. The molecule has 1 rings (SSSR count). The lowest BCUT2D eigenvalue weighted by Crippen LogP contribution is -3.19. The average molecular weight is 118 g/mol. The maximum absolute atomic E-state index is 10.5. The predicted molar refractivity (Wildman–Crippen MR) is 28.0 cm³/mol. The molecule has 1 heterocycles. The Bertz CT molecular complexity index is 90.0. The van der Waals surface area contributed by atoms with E-state index in [1.165, 1.54) is 7.05 Å². The summed E-state index contributed by atoms with van der Waals surface area (Å²) in [6, 6.07) is 0. The summed E-state index contributed by atoms with van der Waals surface area (Å²) in [5, 5.41) is 10.6. The number of rotatable bonds is 1. The Kier molecular flexibility index (Phi) is 1.24. The molecule has 0 saturated carbocycles. The highest BCUT2D eigenvalue weighted by atomic mass is 16.6. The second-order valence-corrected chi connectivity index (χ2v) is 2.21. The second-order valence-electron chi connectivity index (χ2n) is 2.21. The number of quaternary nitrogens is 1. The molecule has 4 heteroatoms. The first-order valence-electron chi connectivity index (χ1n) is 2.53. The van der Waals surface area contributed by atoms with Crippen molar-refractivity contribution in [1.82, 2.24) is 0 Å². The third-order valence-electron chi connectivity index (χ3n) is 1.42. The number of likely N-dealkylation sites (N-methyl/N-ethyl adjacent to an activating group) is 1. The summed E-state index contributed by atoms with van der Waals surface area (Å²) in [5.74, 6) is 0. The van der Waals surface area contributed by atoms with Crippen LogP contribution in [0.1, 0.15) is 0 Å². The molecule has 1 aliphatic heterocycles. The third-order valence-corrected chi connectivity index (χ3v) is 1.42. The van der Waals surface area contributed by atoms with E-state index in [0.29, 0.717) is 13.2 Å². The molecule has 0 bridgehead atoms. The van der Waals surface area contributed by atoms with Gasteiger partial charge in [0.25, 0.3) is 0 Å². The number of ether oxygens (including phenoxy) is 1. The van der Waals surface area contributed by atoms with Crippen molar-refractivity contribution in [3.05, 3.63) is 5.21 Å². The average Bonchev–Trinajstić information content (AvgIpc) is 1.60. The van der Waals surface area contributed by atoms with Gasteiger partial charge in [-0.1, -0.05) is 0 Å². The van der Waals surface area contributed by atoms with Crippen molar-refractivity contribution in [2.75, 3.05) is 20.3 Å². The van der Waals surface area contributed by atoms with Gasteiger partial charge in [-0.2, -0.15) is 0 Å². The Morgan fingerprint density at radius 3 is 2.25 bits per heavy atom. The van der Waals surface area contributed by atoms with Crippen LogP contribution < -0.4 is 10.8 Å². The van der Waals surface area contributed by atoms with Gasteiger partial charge in [-0.05, 0) is 0 Å². The molecule has 4 nitrogen and oxygen atoms in total. The molecule has 1 fully saturated rings. The SMILES string of the molecule is C[NH+]([O-])C1(N)COC1. The summed E-state index contributed by atoms with van der Waals surface area (Å²) >= 11 is 0. The van der Waals surface area contributed by atoms with E-state index in [1.54, 1.807) is 0 Å². The van der Waals surface area contributed by atoms with Crippen molar-refractivity contribution in [2.45, 2.75) is 5.66 Å². The van der Waals surface area contributed by atoms with Crippen LogP contribution in [0.4, 0.5) is 0 Å². The standard InChI is InChI=1S/C4H10N2O2/c1-6(7)4(5)2-8-3-4/h6H,2-3,5H2,1H3. The van der Waals surface area contributed by atoms with Crippen molar-refractivity contribution < 1.29 is 9.80 Å². The van der Waals surface area contributed by atoms with E-state index in [0.717, 1.165) is 0 Å². The van der Waals surface area contributed by atoms with Gasteiger partial charge in [-0.3, -0.25) is 5.73 Å². The number of hydrogen-bond acceptors (Lipinski definition) is 3. The Morgan fingerprint density at radius 2 is 2.25 bits per heavy atom. The van der Waals surface area contributed by atoms with Gasteiger partial charge in [-0.25, -0.2) is 0 Å². The van der Waals surface area contributed by atoms with Gasteiger partial charge in [0.15, 0.2) is 5.66 Å². The molecule has 0 radical (unpaired) electrons. The van der Waals surface area contributed by atoms with Gasteiger partial charge < -0.3 is 15.0 Å². The maximum atomic E-state index is 10.5. The first-order valence-corrected chi connectivity index (χ1v) is 2.53. The van der Waals surface area contributed by atoms with E-state index >= 15 is 0 Å². The summed E-state index contributed by atoms with van der Waals surface area (Å²) in [4.78, 5) is 0. The minimum absolute atomic E-state index is 0.0174. The molecule has 3 N–H and O–H groups in total. The lowest BCUT2D eigenvalue weighted by atomic mass is 10.1. The summed E-state index contributed by atoms with van der Waals surface area (Å²) in [6.45, 7) is 0.782. The van der Waals surface area contributed by atoms with Gasteiger partial charge in [0, 0.05) is 0 Å². The van der Waals surface area contributed by atoms with E-state index in [1.807, 2.05) is 0 Å². The molecule has 1 atom stereocenters. The summed E-state index contributed by atoms with van der Waals surface area (Å²) < 4.78 is 4.75. The fraction of sp³-hybridized carbons (Fsp3) is 1.00. The van der Waals surface area contributed by atoms with Crippen molar-refractivity contribution in [3.8, 4) is 0 Å². The van der Waals surface area contributed by atoms with E-state index < -0.39 is 5.66 Å². The second kappa shape index (κ2) is 1.66. The van der Waals surface area contributed by atoms with E-state index in [2.05, 4.69) is 0 Å². The largest absolute Gasteiger partial charge is 0.633 e. The van der Waals surface area contributed by atoms with Crippen LogP contribution in [-0.2, 0) is 4.74 Å². The van der Waals surface area contributed by atoms with Crippen LogP contribution >= 0.6 is 0 Å². The lowest BCUT2D eigenvalue weighted by Gasteiger charge is -2.43. The molecule has 0 aromatic rings. The van der Waals surface area contributed by atoms with E-state index in [-0.39, 0.29) is 5.06 Å². The van der Waals surface area contributed by atoms with E-state index in [9.17, 15) is 5.21 Å². The highest BCUT2D eigenvalue weighted by Gasteiger charge is 2.38. The van der Waals surface area contributed by atoms with Crippen LogP contribution in [0.15, 0.2) is 0 Å². The van der Waals surface area contributed by atoms with Gasteiger partial charge >= 0.3 is 0 Å². The van der Waals surface area contributed by atoms with Gasteiger partial charge in [0.05, 0.1) is 7.05 Å². The minimum atomic E-state index is -0.639. The molecular weight excluding hydrogens is 108 g/mol. The molecule has 8 heavy (non-hydrogen) atoms. The Balaban J connectivity index is 2.41. The zero-order valence-electron chi connectivity index (χ0n) is 4.81. The molecule has 0 aliphatic carbocycles. The van der Waals surface area contributed by atoms with Crippen LogP contribution in [0.25, 0.3) is 0 Å². The zero-order valence-corrected chi connectivity index (χ0v) is 4.81. The van der Waals surface area contributed by atoms with Crippen LogP contribution in [0.5, 0.6) is 0 Å². The quantitative estimate of drug-likeness (QED) is 0.300. The Hall–Kier alpha value is -0.160. The molecule has 1 aliphatic rings. The topological polar surface area (TPSA) is 62.8 Å². The van der Waals surface area contributed by atoms with Crippen molar-refractivity contribution >= 4 is 0 Å². The summed E-state index contributed by atoms with van der Waals surface area (Å²) in [7, 11) is 1.49. The van der Waals surface area contributed by atoms with Crippen molar-refractivity contribution in [1.29, 1.82) is 0 Å². The fourth-order valence-electron chi connectivity index (χ4n) is 0.525. The number of nitrogens with one attached hydrogen (secondary N) is 1. The van der Waals surface area contributed by atoms with Gasteiger partial charge in [0.1, 0.15) is 13.2 Å². The van der Waals surface area contributed by atoms with Crippen LogP contribution in [0, 0.1) is 5.21 Å². The molecule has 0 amide bonds. The molecule has 0 aromatic heterocycles. The molecule has 1 saturated heterocycles. The highest BCUT2D eigenvalue weighted by Crippen LogP contribution is 2.03. The first kappa shape index (κ1) is 5.97. The molecule has 0 spiro atoms. The molecular formula is C4H10N2O2. The van der Waals surface area contributed by atoms with Crippen LogP contribution in [-0.4, -0.2) is 25.9 Å². The zero-order chi connectivity index (χ0) is 6.20. The van der Waals surface area contributed by atoms with E-state index in [4.69, 9.17) is 10.5 Å². The van der Waals surface area contributed by atoms with Gasteiger partial charge in [0.2, 0.25) is 0 Å². The first-order chi connectivity index (χ1) is 3.65. The summed E-state index contributed by atoms with van der Waals surface area (Å²) in [6.07, 6.45) is 0. The predicted octanol–water partition coefficient (Wildman–Crippen LogP) is -2.32. The Morgan fingerprint density at radius 1 is 1.75 bits per heavy atom. The molecule has 1 unspecified atom stereocenters. The minimum Gasteiger partial charge on any atom is -0.633 e. The number of nitrogens with two attached hydrogens (primary N) is 1. The van der Waals surface area contributed by atoms with Crippen molar-refractivity contribution in [3.63, 3.8) is 0 Å². The van der Waals surface area contributed by atoms with Crippen LogP contribution in [0.3, 0.4) is 0 Å². The normalized spacial score (nSPS) is 28.9. The summed E-state index contributed by atoms with van der Waals surface area (Å²) in [5.41, 5.74) is 4.83.